The normalized spacial score (nSPS) is 11.6. The predicted octanol–water partition coefficient (Wildman–Crippen LogP) is 1.10. The zero-order valence-electron chi connectivity index (χ0n) is 11.7. The van der Waals surface area contributed by atoms with Crippen molar-refractivity contribution in [2.24, 2.45) is 0 Å². The fourth-order valence-electron chi connectivity index (χ4n) is 1.68. The van der Waals surface area contributed by atoms with Gasteiger partial charge in [-0.3, -0.25) is 0 Å². The summed E-state index contributed by atoms with van der Waals surface area (Å²) in [5, 5.41) is 0. The third-order valence-electron chi connectivity index (χ3n) is 2.68. The van der Waals surface area contributed by atoms with Gasteiger partial charge in [-0.2, -0.15) is 4.31 Å². The first-order valence-electron chi connectivity index (χ1n) is 6.00. The number of anilines is 1. The summed E-state index contributed by atoms with van der Waals surface area (Å²) in [7, 11) is -0.796. The molecule has 112 valence electrons. The van der Waals surface area contributed by atoms with Gasteiger partial charge in [0.1, 0.15) is 10.6 Å². The molecule has 0 spiro atoms. The summed E-state index contributed by atoms with van der Waals surface area (Å²) >= 11 is 0. The number of nitrogens with two attached hydrogens (primary N) is 1. The van der Waals surface area contributed by atoms with Crippen LogP contribution in [0.4, 0.5) is 5.69 Å². The maximum absolute atomic E-state index is 12.6. The molecule has 0 saturated heterocycles. The van der Waals surface area contributed by atoms with Gasteiger partial charge in [0, 0.05) is 25.9 Å². The van der Waals surface area contributed by atoms with Gasteiger partial charge < -0.3 is 15.2 Å². The van der Waals surface area contributed by atoms with Crippen LogP contribution in [-0.4, -0.2) is 46.6 Å². The standard InChI is InChI=1S/C13H20N2O4S/c1-4-7-15(8-9-18-2)20(16,17)13-10-11(14)5-6-12(13)19-3/h4-6,10H,1,7-9,14H2,2-3H3. The molecule has 0 fully saturated rings. The molecule has 20 heavy (non-hydrogen) atoms. The van der Waals surface area contributed by atoms with Gasteiger partial charge in [0.25, 0.3) is 0 Å². The SMILES string of the molecule is C=CCN(CCOC)S(=O)(=O)c1cc(N)ccc1OC. The fourth-order valence-corrected chi connectivity index (χ4v) is 3.27. The average Bonchev–Trinajstić information content (AvgIpc) is 2.43. The highest BCUT2D eigenvalue weighted by Crippen LogP contribution is 2.28. The van der Waals surface area contributed by atoms with E-state index in [9.17, 15) is 8.42 Å². The number of ether oxygens (including phenoxy) is 2. The van der Waals surface area contributed by atoms with Gasteiger partial charge in [-0.25, -0.2) is 8.42 Å². The number of rotatable bonds is 8. The number of hydrogen-bond acceptors (Lipinski definition) is 5. The van der Waals surface area contributed by atoms with Crippen LogP contribution in [0.5, 0.6) is 5.75 Å². The second-order valence-corrected chi connectivity index (χ2v) is 5.96. The van der Waals surface area contributed by atoms with Crippen molar-refractivity contribution in [2.75, 3.05) is 39.6 Å². The molecule has 1 rings (SSSR count). The molecular weight excluding hydrogens is 280 g/mol. The van der Waals surface area contributed by atoms with E-state index in [0.29, 0.717) is 5.69 Å². The minimum Gasteiger partial charge on any atom is -0.495 e. The van der Waals surface area contributed by atoms with Crippen molar-refractivity contribution in [3.8, 4) is 5.75 Å². The lowest BCUT2D eigenvalue weighted by atomic mass is 10.3. The first-order chi connectivity index (χ1) is 9.47. The van der Waals surface area contributed by atoms with Crippen molar-refractivity contribution >= 4 is 15.7 Å². The Morgan fingerprint density at radius 1 is 1.40 bits per heavy atom. The molecule has 0 aliphatic heterocycles. The number of nitrogen functional groups attached to an aromatic ring is 1. The molecular formula is C13H20N2O4S. The largest absolute Gasteiger partial charge is 0.495 e. The lowest BCUT2D eigenvalue weighted by Gasteiger charge is -2.21. The summed E-state index contributed by atoms with van der Waals surface area (Å²) in [5.41, 5.74) is 6.03. The molecule has 0 aliphatic rings. The third kappa shape index (κ3) is 3.72. The minimum atomic E-state index is -3.72. The Balaban J connectivity index is 3.24. The molecule has 0 bridgehead atoms. The molecule has 0 aliphatic carbocycles. The van der Waals surface area contributed by atoms with Gasteiger partial charge in [0.2, 0.25) is 10.0 Å². The number of methoxy groups -OCH3 is 2. The van der Waals surface area contributed by atoms with Gasteiger partial charge in [0.05, 0.1) is 13.7 Å². The summed E-state index contributed by atoms with van der Waals surface area (Å²) in [6.45, 7) is 4.27. The van der Waals surface area contributed by atoms with Crippen LogP contribution in [0.2, 0.25) is 0 Å². The highest BCUT2D eigenvalue weighted by atomic mass is 32.2. The van der Waals surface area contributed by atoms with Crippen molar-refractivity contribution in [1.29, 1.82) is 0 Å². The summed E-state index contributed by atoms with van der Waals surface area (Å²) in [5.74, 6) is 0.255. The van der Waals surface area contributed by atoms with E-state index in [4.69, 9.17) is 15.2 Å². The lowest BCUT2D eigenvalue weighted by Crippen LogP contribution is -2.34. The Hall–Kier alpha value is -1.57. The Morgan fingerprint density at radius 2 is 2.10 bits per heavy atom. The van der Waals surface area contributed by atoms with E-state index < -0.39 is 10.0 Å². The van der Waals surface area contributed by atoms with E-state index in [0.717, 1.165) is 0 Å². The molecule has 0 amide bonds. The van der Waals surface area contributed by atoms with E-state index in [1.54, 1.807) is 6.07 Å². The molecule has 1 aromatic rings. The highest BCUT2D eigenvalue weighted by molar-refractivity contribution is 7.89. The number of nitrogens with zero attached hydrogens (tertiary/aromatic N) is 1. The van der Waals surface area contributed by atoms with Crippen molar-refractivity contribution in [2.45, 2.75) is 4.90 Å². The molecule has 0 unspecified atom stereocenters. The number of benzene rings is 1. The van der Waals surface area contributed by atoms with Crippen molar-refractivity contribution < 1.29 is 17.9 Å². The average molecular weight is 300 g/mol. The van der Waals surface area contributed by atoms with Crippen LogP contribution in [0.15, 0.2) is 35.7 Å². The summed E-state index contributed by atoms with van der Waals surface area (Å²) in [6, 6.07) is 4.51. The van der Waals surface area contributed by atoms with Crippen molar-refractivity contribution in [3.63, 3.8) is 0 Å². The van der Waals surface area contributed by atoms with E-state index in [-0.39, 0.29) is 30.3 Å². The Morgan fingerprint density at radius 3 is 2.65 bits per heavy atom. The molecule has 7 heteroatoms. The fraction of sp³-hybridized carbons (Fsp3) is 0.385. The number of sulfonamides is 1. The van der Waals surface area contributed by atoms with Crippen LogP contribution < -0.4 is 10.5 Å². The second-order valence-electron chi connectivity index (χ2n) is 4.05. The lowest BCUT2D eigenvalue weighted by molar-refractivity contribution is 0.182. The monoisotopic (exact) mass is 300 g/mol. The van der Waals surface area contributed by atoms with E-state index >= 15 is 0 Å². The summed E-state index contributed by atoms with van der Waals surface area (Å²) in [6.07, 6.45) is 1.52. The third-order valence-corrected chi connectivity index (χ3v) is 4.57. The van der Waals surface area contributed by atoms with E-state index in [1.807, 2.05) is 0 Å². The first-order valence-corrected chi connectivity index (χ1v) is 7.45. The van der Waals surface area contributed by atoms with Crippen molar-refractivity contribution in [1.82, 2.24) is 4.31 Å². The van der Waals surface area contributed by atoms with Gasteiger partial charge >= 0.3 is 0 Å². The first kappa shape index (κ1) is 16.5. The molecule has 1 aromatic carbocycles. The van der Waals surface area contributed by atoms with E-state index in [1.165, 1.54) is 36.7 Å². The molecule has 0 aromatic heterocycles. The van der Waals surface area contributed by atoms with Crippen LogP contribution >= 0.6 is 0 Å². The zero-order valence-corrected chi connectivity index (χ0v) is 12.5. The topological polar surface area (TPSA) is 81.9 Å². The van der Waals surface area contributed by atoms with Gasteiger partial charge in [-0.05, 0) is 18.2 Å². The summed E-state index contributed by atoms with van der Waals surface area (Å²) < 4.78 is 36.6. The zero-order chi connectivity index (χ0) is 15.2. The maximum Gasteiger partial charge on any atom is 0.247 e. The highest BCUT2D eigenvalue weighted by Gasteiger charge is 2.26. The predicted molar refractivity (Wildman–Crippen MR) is 78.2 cm³/mol. The van der Waals surface area contributed by atoms with Crippen LogP contribution in [-0.2, 0) is 14.8 Å². The summed E-state index contributed by atoms with van der Waals surface area (Å²) in [4.78, 5) is 0.0398. The van der Waals surface area contributed by atoms with Gasteiger partial charge in [0.15, 0.2) is 0 Å². The molecule has 0 atom stereocenters. The quantitative estimate of drug-likeness (QED) is 0.574. The Kier molecular flexibility index (Phi) is 6.00. The van der Waals surface area contributed by atoms with Crippen LogP contribution in [0.3, 0.4) is 0 Å². The van der Waals surface area contributed by atoms with Crippen LogP contribution in [0, 0.1) is 0 Å². The smallest absolute Gasteiger partial charge is 0.247 e. The molecule has 6 nitrogen and oxygen atoms in total. The second kappa shape index (κ2) is 7.28. The van der Waals surface area contributed by atoms with Gasteiger partial charge in [-0.15, -0.1) is 6.58 Å². The molecule has 0 saturated carbocycles. The van der Waals surface area contributed by atoms with E-state index in [2.05, 4.69) is 6.58 Å². The Bertz CT molecular complexity index is 557. The minimum absolute atomic E-state index is 0.0398. The molecule has 0 heterocycles. The maximum atomic E-state index is 12.6. The number of hydrogen-bond donors (Lipinski definition) is 1. The van der Waals surface area contributed by atoms with Crippen LogP contribution in [0.1, 0.15) is 0 Å². The molecule has 0 radical (unpaired) electrons. The molecule has 2 N–H and O–H groups in total. The van der Waals surface area contributed by atoms with Crippen LogP contribution in [0.25, 0.3) is 0 Å². The Labute approximate surface area is 119 Å². The van der Waals surface area contributed by atoms with Gasteiger partial charge in [-0.1, -0.05) is 6.08 Å². The van der Waals surface area contributed by atoms with Crippen molar-refractivity contribution in [3.05, 3.63) is 30.9 Å².